The number of hydrogen-bond acceptors (Lipinski definition) is 6. The summed E-state index contributed by atoms with van der Waals surface area (Å²) < 4.78 is 11.7. The van der Waals surface area contributed by atoms with Gasteiger partial charge in [-0.3, -0.25) is 14.9 Å². The van der Waals surface area contributed by atoms with Crippen molar-refractivity contribution in [1.82, 2.24) is 20.9 Å². The molecule has 38 heavy (non-hydrogen) atoms. The van der Waals surface area contributed by atoms with Crippen molar-refractivity contribution < 1.29 is 19.1 Å². The van der Waals surface area contributed by atoms with Gasteiger partial charge in [-0.1, -0.05) is 55.8 Å². The molecule has 8 heteroatoms. The molecule has 2 saturated heterocycles. The maximum atomic E-state index is 13.8. The van der Waals surface area contributed by atoms with Crippen molar-refractivity contribution in [2.45, 2.75) is 50.8 Å². The summed E-state index contributed by atoms with van der Waals surface area (Å²) >= 11 is 0. The predicted molar refractivity (Wildman–Crippen MR) is 148 cm³/mol. The fourth-order valence-electron chi connectivity index (χ4n) is 5.04. The molecule has 0 aliphatic carbocycles. The lowest BCUT2D eigenvalue weighted by Crippen LogP contribution is -2.66. The van der Waals surface area contributed by atoms with Crippen LogP contribution in [0.4, 0.5) is 0 Å². The zero-order chi connectivity index (χ0) is 27.0. The Kier molecular flexibility index (Phi) is 9.55. The van der Waals surface area contributed by atoms with E-state index in [4.69, 9.17) is 9.47 Å². The minimum Gasteiger partial charge on any atom is -0.497 e. The second-order valence-electron chi connectivity index (χ2n) is 10.1. The van der Waals surface area contributed by atoms with Crippen molar-refractivity contribution in [2.24, 2.45) is 0 Å². The Morgan fingerprint density at radius 1 is 1.18 bits per heavy atom. The van der Waals surface area contributed by atoms with Crippen LogP contribution in [0, 0.1) is 6.92 Å². The van der Waals surface area contributed by atoms with Crippen molar-refractivity contribution in [2.75, 3.05) is 40.0 Å². The van der Waals surface area contributed by atoms with Gasteiger partial charge in [0.25, 0.3) is 0 Å². The average molecular weight is 521 g/mol. The number of likely N-dealkylation sites (tertiary alicyclic amines) is 1. The number of nitrogens with zero attached hydrogens (tertiary/aromatic N) is 1. The molecule has 2 heterocycles. The van der Waals surface area contributed by atoms with Crippen molar-refractivity contribution in [3.8, 4) is 5.75 Å². The number of nitrogens with one attached hydrogen (secondary N) is 3. The van der Waals surface area contributed by atoms with Crippen LogP contribution in [0.2, 0.25) is 0 Å². The first kappa shape index (κ1) is 27.8. The zero-order valence-electron chi connectivity index (χ0n) is 22.7. The highest BCUT2D eigenvalue weighted by molar-refractivity contribution is 5.93. The van der Waals surface area contributed by atoms with E-state index in [1.54, 1.807) is 12.0 Å². The molecule has 0 saturated carbocycles. The van der Waals surface area contributed by atoms with Gasteiger partial charge >= 0.3 is 0 Å². The first-order valence-corrected chi connectivity index (χ1v) is 13.5. The molecule has 4 rings (SSSR count). The standard InChI is InChI=1S/C30H40N4O4/c1-4-5-16-38-30(26-9-7-6-8-22(26)2)19-34(20-30)29(36)27(17-23-10-13-25(37-3)14-11-23)33-28(35)15-12-24-18-31-21-32-24/h6-15,24,27,31-32H,4-5,16-21H2,1-3H3,(H,33,35)/b15-12+/t24?,27-/m1/s1. The number of ether oxygens (including phenoxy) is 2. The van der Waals surface area contributed by atoms with E-state index in [1.807, 2.05) is 42.5 Å². The molecular formula is C30H40N4O4. The van der Waals surface area contributed by atoms with Crippen LogP contribution in [0.15, 0.2) is 60.7 Å². The first-order valence-electron chi connectivity index (χ1n) is 13.5. The van der Waals surface area contributed by atoms with E-state index in [1.165, 1.54) is 6.08 Å². The highest BCUT2D eigenvalue weighted by Crippen LogP contribution is 2.38. The molecule has 0 bridgehead atoms. The van der Waals surface area contributed by atoms with Crippen molar-refractivity contribution >= 4 is 11.8 Å². The Morgan fingerprint density at radius 3 is 2.61 bits per heavy atom. The Labute approximate surface area is 225 Å². The van der Waals surface area contributed by atoms with Gasteiger partial charge in [0.15, 0.2) is 0 Å². The lowest BCUT2D eigenvalue weighted by Gasteiger charge is -2.51. The first-order chi connectivity index (χ1) is 18.4. The molecule has 1 unspecified atom stereocenters. The Bertz CT molecular complexity index is 1110. The summed E-state index contributed by atoms with van der Waals surface area (Å²) in [6.45, 7) is 7.27. The molecule has 0 aromatic heterocycles. The number of hydrogen-bond donors (Lipinski definition) is 3. The molecule has 0 radical (unpaired) electrons. The molecular weight excluding hydrogens is 480 g/mol. The minimum absolute atomic E-state index is 0.0990. The molecule has 2 fully saturated rings. The lowest BCUT2D eigenvalue weighted by molar-refractivity contribution is -0.175. The fraction of sp³-hybridized carbons (Fsp3) is 0.467. The van der Waals surface area contributed by atoms with Crippen molar-refractivity contribution in [3.63, 3.8) is 0 Å². The number of methoxy groups -OCH3 is 1. The second-order valence-corrected chi connectivity index (χ2v) is 10.1. The third kappa shape index (κ3) is 6.81. The van der Waals surface area contributed by atoms with Gasteiger partial charge in [0, 0.05) is 38.4 Å². The third-order valence-electron chi connectivity index (χ3n) is 7.26. The third-order valence-corrected chi connectivity index (χ3v) is 7.26. The number of carbonyl (C=O) groups excluding carboxylic acids is 2. The quantitative estimate of drug-likeness (QED) is 0.295. The van der Waals surface area contributed by atoms with E-state index in [0.717, 1.165) is 41.8 Å². The largest absolute Gasteiger partial charge is 0.497 e. The molecule has 0 spiro atoms. The maximum Gasteiger partial charge on any atom is 0.245 e. The molecule has 204 valence electrons. The van der Waals surface area contributed by atoms with Crippen LogP contribution in [-0.2, 0) is 26.3 Å². The van der Waals surface area contributed by atoms with Gasteiger partial charge in [0.2, 0.25) is 11.8 Å². The molecule has 2 amide bonds. The van der Waals surface area contributed by atoms with E-state index < -0.39 is 11.6 Å². The van der Waals surface area contributed by atoms with Crippen LogP contribution in [0.1, 0.15) is 36.5 Å². The van der Waals surface area contributed by atoms with Gasteiger partial charge in [-0.25, -0.2) is 0 Å². The molecule has 8 nitrogen and oxygen atoms in total. The molecule has 2 aromatic carbocycles. The highest BCUT2D eigenvalue weighted by atomic mass is 16.5. The van der Waals surface area contributed by atoms with Gasteiger partial charge in [0.1, 0.15) is 17.4 Å². The number of rotatable bonds is 12. The lowest BCUT2D eigenvalue weighted by atomic mass is 9.82. The number of unbranched alkanes of at least 4 members (excludes halogenated alkanes) is 1. The van der Waals surface area contributed by atoms with E-state index in [0.29, 0.717) is 32.8 Å². The maximum absolute atomic E-state index is 13.8. The fourth-order valence-corrected chi connectivity index (χ4v) is 5.04. The van der Waals surface area contributed by atoms with Crippen LogP contribution < -0.4 is 20.7 Å². The summed E-state index contributed by atoms with van der Waals surface area (Å²) in [5.74, 6) is 0.359. The van der Waals surface area contributed by atoms with Crippen molar-refractivity contribution in [3.05, 3.63) is 77.4 Å². The van der Waals surface area contributed by atoms with Crippen LogP contribution in [0.3, 0.4) is 0 Å². The Balaban J connectivity index is 1.49. The van der Waals surface area contributed by atoms with E-state index in [2.05, 4.69) is 41.9 Å². The number of benzene rings is 2. The van der Waals surface area contributed by atoms with E-state index in [9.17, 15) is 9.59 Å². The summed E-state index contributed by atoms with van der Waals surface area (Å²) in [5.41, 5.74) is 2.70. The molecule has 2 aromatic rings. The van der Waals surface area contributed by atoms with Crippen LogP contribution in [-0.4, -0.2) is 68.8 Å². The summed E-state index contributed by atoms with van der Waals surface area (Å²) in [4.78, 5) is 28.4. The Morgan fingerprint density at radius 2 is 1.95 bits per heavy atom. The molecule has 2 aliphatic rings. The summed E-state index contributed by atoms with van der Waals surface area (Å²) in [5, 5.41) is 9.40. The predicted octanol–water partition coefficient (Wildman–Crippen LogP) is 2.66. The van der Waals surface area contributed by atoms with Crippen LogP contribution in [0.5, 0.6) is 5.75 Å². The normalized spacial score (nSPS) is 19.2. The van der Waals surface area contributed by atoms with Crippen LogP contribution >= 0.6 is 0 Å². The van der Waals surface area contributed by atoms with Gasteiger partial charge < -0.3 is 25.0 Å². The average Bonchev–Trinajstić information content (AvgIpc) is 3.43. The van der Waals surface area contributed by atoms with E-state index in [-0.39, 0.29) is 17.9 Å². The molecule has 2 aliphatic heterocycles. The number of amides is 2. The second kappa shape index (κ2) is 13.0. The van der Waals surface area contributed by atoms with Gasteiger partial charge in [0.05, 0.1) is 20.2 Å². The van der Waals surface area contributed by atoms with Gasteiger partial charge in [-0.2, -0.15) is 0 Å². The topological polar surface area (TPSA) is 91.9 Å². The number of aryl methyl sites for hydroxylation is 1. The van der Waals surface area contributed by atoms with Gasteiger partial charge in [-0.15, -0.1) is 0 Å². The summed E-state index contributed by atoms with van der Waals surface area (Å²) in [7, 11) is 1.62. The van der Waals surface area contributed by atoms with E-state index >= 15 is 0 Å². The molecule has 2 atom stereocenters. The number of carbonyl (C=O) groups is 2. The minimum atomic E-state index is -0.694. The Hall–Kier alpha value is -3.20. The monoisotopic (exact) mass is 520 g/mol. The smallest absolute Gasteiger partial charge is 0.245 e. The highest BCUT2D eigenvalue weighted by Gasteiger charge is 2.49. The van der Waals surface area contributed by atoms with Crippen LogP contribution in [0.25, 0.3) is 0 Å². The summed E-state index contributed by atoms with van der Waals surface area (Å²) in [6, 6.07) is 15.2. The van der Waals surface area contributed by atoms with Gasteiger partial charge in [-0.05, 0) is 42.2 Å². The van der Waals surface area contributed by atoms with Crippen molar-refractivity contribution in [1.29, 1.82) is 0 Å². The SMILES string of the molecule is CCCCOC1(c2ccccc2C)CN(C(=O)[C@@H](Cc2ccc(OC)cc2)NC(=O)/C=C/C2CNCN2)C1. The summed E-state index contributed by atoms with van der Waals surface area (Å²) in [6.07, 6.45) is 5.74. The molecule has 3 N–H and O–H groups in total. The zero-order valence-corrected chi connectivity index (χ0v) is 22.7.